The number of aryl methyl sites for hydroxylation is 1. The number of thioether (sulfide) groups is 1. The smallest absolute Gasteiger partial charge is 0.217 e. The Morgan fingerprint density at radius 3 is 2.94 bits per heavy atom. The molecule has 0 atom stereocenters. The third-order valence-corrected chi connectivity index (χ3v) is 3.51. The van der Waals surface area contributed by atoms with Crippen LogP contribution in [0.5, 0.6) is 0 Å². The van der Waals surface area contributed by atoms with Crippen LogP contribution in [0.1, 0.15) is 31.1 Å². The summed E-state index contributed by atoms with van der Waals surface area (Å²) < 4.78 is 2.15. The van der Waals surface area contributed by atoms with Crippen molar-refractivity contribution >= 4 is 17.7 Å². The highest BCUT2D eigenvalue weighted by atomic mass is 32.2. The zero-order chi connectivity index (χ0) is 12.3. The first-order valence-electron chi connectivity index (χ1n) is 5.68. The number of hydrogen-bond donors (Lipinski definition) is 1. The Kier molecular flexibility index (Phi) is 3.83. The number of rotatable bonds is 7. The van der Waals surface area contributed by atoms with Gasteiger partial charge in [-0.15, -0.1) is 16.8 Å². The SMILES string of the molecule is C=CCSc1nnc(CCC(N)=O)n1C1CC1. The highest BCUT2D eigenvalue weighted by molar-refractivity contribution is 7.99. The Bertz CT molecular complexity index is 425. The summed E-state index contributed by atoms with van der Waals surface area (Å²) in [6.07, 6.45) is 5.09. The average molecular weight is 252 g/mol. The third kappa shape index (κ3) is 3.09. The fourth-order valence-electron chi connectivity index (χ4n) is 1.64. The van der Waals surface area contributed by atoms with Gasteiger partial charge in [0.2, 0.25) is 5.91 Å². The number of aromatic nitrogens is 3. The van der Waals surface area contributed by atoms with E-state index in [0.29, 0.717) is 18.9 Å². The van der Waals surface area contributed by atoms with Gasteiger partial charge in [-0.2, -0.15) is 0 Å². The lowest BCUT2D eigenvalue weighted by atomic mass is 10.3. The predicted octanol–water partition coefficient (Wildman–Crippen LogP) is 1.31. The number of carbonyl (C=O) groups is 1. The summed E-state index contributed by atoms with van der Waals surface area (Å²) in [5, 5.41) is 9.24. The number of nitrogens with two attached hydrogens (primary N) is 1. The van der Waals surface area contributed by atoms with Crippen molar-refractivity contribution in [2.75, 3.05) is 5.75 Å². The Morgan fingerprint density at radius 2 is 2.35 bits per heavy atom. The largest absolute Gasteiger partial charge is 0.370 e. The average Bonchev–Trinajstić information content (AvgIpc) is 3.05. The van der Waals surface area contributed by atoms with E-state index in [0.717, 1.165) is 16.7 Å². The summed E-state index contributed by atoms with van der Waals surface area (Å²) in [6, 6.07) is 0.514. The molecule has 0 radical (unpaired) electrons. The number of nitrogens with zero attached hydrogens (tertiary/aromatic N) is 3. The molecule has 92 valence electrons. The number of carbonyl (C=O) groups excluding carboxylic acids is 1. The van der Waals surface area contributed by atoms with E-state index >= 15 is 0 Å². The van der Waals surface area contributed by atoms with Gasteiger partial charge in [0.1, 0.15) is 5.82 Å². The van der Waals surface area contributed by atoms with Gasteiger partial charge < -0.3 is 10.3 Å². The first-order valence-corrected chi connectivity index (χ1v) is 6.66. The van der Waals surface area contributed by atoms with E-state index in [4.69, 9.17) is 5.73 Å². The van der Waals surface area contributed by atoms with E-state index in [1.165, 1.54) is 12.8 Å². The molecule has 17 heavy (non-hydrogen) atoms. The first-order chi connectivity index (χ1) is 8.22. The van der Waals surface area contributed by atoms with Crippen LogP contribution < -0.4 is 5.73 Å². The van der Waals surface area contributed by atoms with Gasteiger partial charge in [0.15, 0.2) is 5.16 Å². The topological polar surface area (TPSA) is 73.8 Å². The normalized spacial score (nSPS) is 14.8. The van der Waals surface area contributed by atoms with E-state index < -0.39 is 0 Å². The quantitative estimate of drug-likeness (QED) is 0.586. The number of amides is 1. The van der Waals surface area contributed by atoms with Crippen molar-refractivity contribution < 1.29 is 4.79 Å². The zero-order valence-corrected chi connectivity index (χ0v) is 10.4. The monoisotopic (exact) mass is 252 g/mol. The van der Waals surface area contributed by atoms with Gasteiger partial charge in [0.05, 0.1) is 0 Å². The molecule has 0 saturated heterocycles. The van der Waals surface area contributed by atoms with Gasteiger partial charge in [0.25, 0.3) is 0 Å². The highest BCUT2D eigenvalue weighted by Crippen LogP contribution is 2.38. The van der Waals surface area contributed by atoms with Gasteiger partial charge in [-0.25, -0.2) is 0 Å². The van der Waals surface area contributed by atoms with Crippen molar-refractivity contribution in [1.29, 1.82) is 0 Å². The molecule has 0 aliphatic heterocycles. The summed E-state index contributed by atoms with van der Waals surface area (Å²) in [4.78, 5) is 10.8. The molecule has 1 saturated carbocycles. The lowest BCUT2D eigenvalue weighted by molar-refractivity contribution is -0.118. The van der Waals surface area contributed by atoms with E-state index in [1.54, 1.807) is 11.8 Å². The minimum atomic E-state index is -0.296. The lowest BCUT2D eigenvalue weighted by Crippen LogP contribution is -2.13. The van der Waals surface area contributed by atoms with Crippen LogP contribution in [-0.2, 0) is 11.2 Å². The van der Waals surface area contributed by atoms with Crippen molar-refractivity contribution in [2.24, 2.45) is 5.73 Å². The maximum absolute atomic E-state index is 10.8. The molecule has 1 fully saturated rings. The summed E-state index contributed by atoms with van der Waals surface area (Å²) in [5.74, 6) is 1.40. The molecular formula is C11H16N4OS. The van der Waals surface area contributed by atoms with Crippen LogP contribution in [0.15, 0.2) is 17.8 Å². The van der Waals surface area contributed by atoms with Crippen LogP contribution in [0.3, 0.4) is 0 Å². The molecule has 0 aromatic carbocycles. The molecule has 0 spiro atoms. The molecule has 6 heteroatoms. The van der Waals surface area contributed by atoms with Crippen LogP contribution in [0, 0.1) is 0 Å². The van der Waals surface area contributed by atoms with Crippen molar-refractivity contribution in [2.45, 2.75) is 36.9 Å². The molecule has 1 aromatic rings. The molecule has 2 rings (SSSR count). The van der Waals surface area contributed by atoms with Crippen LogP contribution in [0.25, 0.3) is 0 Å². The fraction of sp³-hybridized carbons (Fsp3) is 0.545. The minimum Gasteiger partial charge on any atom is -0.370 e. The van der Waals surface area contributed by atoms with E-state index in [1.807, 2.05) is 6.08 Å². The van der Waals surface area contributed by atoms with E-state index in [-0.39, 0.29) is 5.91 Å². The standard InChI is InChI=1S/C11H16N4OS/c1-2-7-17-11-14-13-10(6-5-9(12)16)15(11)8-3-4-8/h2,8H,1,3-7H2,(H2,12,16). The molecule has 5 nitrogen and oxygen atoms in total. The minimum absolute atomic E-state index is 0.296. The molecule has 1 amide bonds. The molecular weight excluding hydrogens is 236 g/mol. The Hall–Kier alpha value is -1.30. The molecule has 1 heterocycles. The Morgan fingerprint density at radius 1 is 1.59 bits per heavy atom. The molecule has 1 aliphatic rings. The van der Waals surface area contributed by atoms with Gasteiger partial charge in [-0.1, -0.05) is 17.8 Å². The van der Waals surface area contributed by atoms with Gasteiger partial charge >= 0.3 is 0 Å². The predicted molar refractivity (Wildman–Crippen MR) is 66.7 cm³/mol. The second-order valence-electron chi connectivity index (χ2n) is 4.07. The number of primary amides is 1. The fourth-order valence-corrected chi connectivity index (χ4v) is 2.40. The van der Waals surface area contributed by atoms with Crippen LogP contribution in [-0.4, -0.2) is 26.4 Å². The third-order valence-electron chi connectivity index (χ3n) is 2.57. The molecule has 2 N–H and O–H groups in total. The van der Waals surface area contributed by atoms with Crippen molar-refractivity contribution in [3.05, 3.63) is 18.5 Å². The number of hydrogen-bond acceptors (Lipinski definition) is 4. The highest BCUT2D eigenvalue weighted by Gasteiger charge is 2.29. The molecule has 0 unspecified atom stereocenters. The summed E-state index contributed by atoms with van der Waals surface area (Å²) in [7, 11) is 0. The lowest BCUT2D eigenvalue weighted by Gasteiger charge is -2.07. The van der Waals surface area contributed by atoms with Crippen molar-refractivity contribution in [1.82, 2.24) is 14.8 Å². The van der Waals surface area contributed by atoms with Gasteiger partial charge in [-0.3, -0.25) is 4.79 Å². The summed E-state index contributed by atoms with van der Waals surface area (Å²) >= 11 is 1.63. The van der Waals surface area contributed by atoms with Crippen LogP contribution in [0.2, 0.25) is 0 Å². The second kappa shape index (κ2) is 5.35. The van der Waals surface area contributed by atoms with E-state index in [9.17, 15) is 4.79 Å². The molecule has 0 bridgehead atoms. The van der Waals surface area contributed by atoms with E-state index in [2.05, 4.69) is 21.3 Å². The maximum atomic E-state index is 10.8. The maximum Gasteiger partial charge on any atom is 0.217 e. The van der Waals surface area contributed by atoms with Gasteiger partial charge in [-0.05, 0) is 12.8 Å². The zero-order valence-electron chi connectivity index (χ0n) is 9.63. The van der Waals surface area contributed by atoms with Crippen molar-refractivity contribution in [3.63, 3.8) is 0 Å². The molecule has 1 aromatic heterocycles. The molecule has 1 aliphatic carbocycles. The summed E-state index contributed by atoms with van der Waals surface area (Å²) in [6.45, 7) is 3.69. The van der Waals surface area contributed by atoms with Crippen LogP contribution in [0.4, 0.5) is 0 Å². The van der Waals surface area contributed by atoms with Crippen molar-refractivity contribution in [3.8, 4) is 0 Å². The first kappa shape index (κ1) is 12.2. The Balaban J connectivity index is 2.11. The second-order valence-corrected chi connectivity index (χ2v) is 5.05. The van der Waals surface area contributed by atoms with Crippen LogP contribution >= 0.6 is 11.8 Å². The Labute approximate surface area is 104 Å². The van der Waals surface area contributed by atoms with Gasteiger partial charge in [0, 0.05) is 24.6 Å². The summed E-state index contributed by atoms with van der Waals surface area (Å²) in [5.41, 5.74) is 5.15.